The van der Waals surface area contributed by atoms with E-state index in [4.69, 9.17) is 0 Å². The number of benzene rings is 1. The normalized spacial score (nSPS) is 13.2. The summed E-state index contributed by atoms with van der Waals surface area (Å²) in [5, 5.41) is 3.30. The third-order valence-electron chi connectivity index (χ3n) is 2.53. The van der Waals surface area contributed by atoms with Gasteiger partial charge in [0.25, 0.3) is 0 Å². The van der Waals surface area contributed by atoms with Gasteiger partial charge in [0, 0.05) is 16.2 Å². The second kappa shape index (κ2) is 4.75. The van der Waals surface area contributed by atoms with Crippen LogP contribution < -0.4 is 0 Å². The standard InChI is InChI=1S/C13H17NS/c1-3-6-10(2)15-13-9-11-7-4-5-8-12(11)14-13/h4-5,7-10,14H,3,6H2,1-2H3. The summed E-state index contributed by atoms with van der Waals surface area (Å²) in [7, 11) is 0. The van der Waals surface area contributed by atoms with Crippen LogP contribution in [0.25, 0.3) is 10.9 Å². The van der Waals surface area contributed by atoms with Gasteiger partial charge in [-0.1, -0.05) is 38.5 Å². The van der Waals surface area contributed by atoms with Crippen molar-refractivity contribution in [3.63, 3.8) is 0 Å². The van der Waals surface area contributed by atoms with Crippen molar-refractivity contribution < 1.29 is 0 Å². The zero-order valence-corrected chi connectivity index (χ0v) is 10.1. The maximum absolute atomic E-state index is 3.45. The summed E-state index contributed by atoms with van der Waals surface area (Å²) in [4.78, 5) is 3.45. The lowest BCUT2D eigenvalue weighted by Crippen LogP contribution is -1.93. The van der Waals surface area contributed by atoms with Gasteiger partial charge >= 0.3 is 0 Å². The predicted molar refractivity (Wildman–Crippen MR) is 68.5 cm³/mol. The number of H-pyrrole nitrogens is 1. The van der Waals surface area contributed by atoms with Gasteiger partial charge in [0.2, 0.25) is 0 Å². The van der Waals surface area contributed by atoms with E-state index < -0.39 is 0 Å². The lowest BCUT2D eigenvalue weighted by molar-refractivity contribution is 0.786. The number of nitrogens with one attached hydrogen (secondary N) is 1. The van der Waals surface area contributed by atoms with Crippen LogP contribution in [-0.4, -0.2) is 10.2 Å². The molecule has 0 aliphatic rings. The number of thioether (sulfide) groups is 1. The van der Waals surface area contributed by atoms with Gasteiger partial charge < -0.3 is 4.98 Å². The van der Waals surface area contributed by atoms with E-state index in [1.807, 2.05) is 11.8 Å². The summed E-state index contributed by atoms with van der Waals surface area (Å²) >= 11 is 1.94. The molecule has 1 N–H and O–H groups in total. The van der Waals surface area contributed by atoms with Crippen molar-refractivity contribution in [2.45, 2.75) is 37.0 Å². The highest BCUT2D eigenvalue weighted by Gasteiger charge is 2.05. The van der Waals surface area contributed by atoms with Crippen molar-refractivity contribution in [2.75, 3.05) is 0 Å². The van der Waals surface area contributed by atoms with Crippen LogP contribution >= 0.6 is 11.8 Å². The minimum absolute atomic E-state index is 0.697. The minimum atomic E-state index is 0.697. The topological polar surface area (TPSA) is 15.8 Å². The Morgan fingerprint density at radius 1 is 1.33 bits per heavy atom. The van der Waals surface area contributed by atoms with Crippen LogP contribution in [0, 0.1) is 0 Å². The first-order chi connectivity index (χ1) is 7.29. The number of aromatic amines is 1. The minimum Gasteiger partial charge on any atom is -0.350 e. The van der Waals surface area contributed by atoms with Crippen LogP contribution in [-0.2, 0) is 0 Å². The number of fused-ring (bicyclic) bond motifs is 1. The highest BCUT2D eigenvalue weighted by molar-refractivity contribution is 7.99. The van der Waals surface area contributed by atoms with E-state index in [9.17, 15) is 0 Å². The fraction of sp³-hybridized carbons (Fsp3) is 0.385. The maximum atomic E-state index is 3.45. The molecule has 2 heteroatoms. The van der Waals surface area contributed by atoms with Crippen LogP contribution in [0.1, 0.15) is 26.7 Å². The largest absolute Gasteiger partial charge is 0.350 e. The quantitative estimate of drug-likeness (QED) is 0.751. The van der Waals surface area contributed by atoms with Crippen molar-refractivity contribution in [1.29, 1.82) is 0 Å². The van der Waals surface area contributed by atoms with E-state index in [1.165, 1.54) is 28.8 Å². The summed E-state index contributed by atoms with van der Waals surface area (Å²) in [6.45, 7) is 4.53. The molecule has 1 atom stereocenters. The number of para-hydroxylation sites is 1. The summed E-state index contributed by atoms with van der Waals surface area (Å²) in [5.41, 5.74) is 1.24. The summed E-state index contributed by atoms with van der Waals surface area (Å²) in [6, 6.07) is 10.7. The average Bonchev–Trinajstić information content (AvgIpc) is 2.59. The molecule has 0 fully saturated rings. The molecule has 0 saturated carbocycles. The molecule has 0 spiro atoms. The molecule has 0 radical (unpaired) electrons. The van der Waals surface area contributed by atoms with Crippen LogP contribution in [0.4, 0.5) is 0 Å². The van der Waals surface area contributed by atoms with E-state index in [2.05, 4.69) is 49.2 Å². The molecule has 80 valence electrons. The first-order valence-electron chi connectivity index (χ1n) is 5.54. The molecule has 1 unspecified atom stereocenters. The molecule has 1 aromatic carbocycles. The summed E-state index contributed by atoms with van der Waals surface area (Å²) < 4.78 is 0. The second-order valence-electron chi connectivity index (χ2n) is 3.94. The van der Waals surface area contributed by atoms with Crippen LogP contribution in [0.5, 0.6) is 0 Å². The first kappa shape index (κ1) is 10.6. The van der Waals surface area contributed by atoms with Crippen molar-refractivity contribution in [1.82, 2.24) is 4.98 Å². The number of rotatable bonds is 4. The average molecular weight is 219 g/mol. The van der Waals surface area contributed by atoms with Gasteiger partial charge in [-0.15, -0.1) is 11.8 Å². The molecule has 15 heavy (non-hydrogen) atoms. The van der Waals surface area contributed by atoms with E-state index in [-0.39, 0.29) is 0 Å². The Bertz CT molecular complexity index is 400. The molecule has 1 aromatic heterocycles. The lowest BCUT2D eigenvalue weighted by Gasteiger charge is -2.06. The second-order valence-corrected chi connectivity index (χ2v) is 5.42. The molecule has 1 heterocycles. The monoisotopic (exact) mass is 219 g/mol. The van der Waals surface area contributed by atoms with Gasteiger partial charge in [-0.2, -0.15) is 0 Å². The molecule has 0 amide bonds. The Morgan fingerprint density at radius 3 is 2.87 bits per heavy atom. The lowest BCUT2D eigenvalue weighted by atomic mass is 10.3. The van der Waals surface area contributed by atoms with Crippen molar-refractivity contribution in [3.05, 3.63) is 30.3 Å². The first-order valence-corrected chi connectivity index (χ1v) is 6.42. The fourth-order valence-electron chi connectivity index (χ4n) is 1.79. The third-order valence-corrected chi connectivity index (χ3v) is 3.64. The highest BCUT2D eigenvalue weighted by atomic mass is 32.2. The highest BCUT2D eigenvalue weighted by Crippen LogP contribution is 2.28. The molecule has 0 bridgehead atoms. The maximum Gasteiger partial charge on any atom is 0.0735 e. The molecule has 0 aliphatic carbocycles. The van der Waals surface area contributed by atoms with Crippen molar-refractivity contribution in [3.8, 4) is 0 Å². The molecule has 1 nitrogen and oxygen atoms in total. The smallest absolute Gasteiger partial charge is 0.0735 e. The van der Waals surface area contributed by atoms with E-state index in [0.29, 0.717) is 5.25 Å². The Hall–Kier alpha value is -0.890. The van der Waals surface area contributed by atoms with E-state index in [1.54, 1.807) is 0 Å². The summed E-state index contributed by atoms with van der Waals surface area (Å²) in [6.07, 6.45) is 2.54. The molecule has 2 aromatic rings. The van der Waals surface area contributed by atoms with Gasteiger partial charge in [0.1, 0.15) is 0 Å². The molecule has 0 saturated heterocycles. The van der Waals surface area contributed by atoms with Gasteiger partial charge in [0.15, 0.2) is 0 Å². The molecule has 0 aliphatic heterocycles. The Morgan fingerprint density at radius 2 is 2.13 bits per heavy atom. The van der Waals surface area contributed by atoms with Crippen molar-refractivity contribution >= 4 is 22.7 Å². The zero-order chi connectivity index (χ0) is 10.7. The number of hydrogen-bond acceptors (Lipinski definition) is 1. The van der Waals surface area contributed by atoms with Crippen LogP contribution in [0.15, 0.2) is 35.4 Å². The van der Waals surface area contributed by atoms with Crippen LogP contribution in [0.3, 0.4) is 0 Å². The van der Waals surface area contributed by atoms with Gasteiger partial charge in [-0.25, -0.2) is 0 Å². The summed E-state index contributed by atoms with van der Waals surface area (Å²) in [5.74, 6) is 0. The number of aromatic nitrogens is 1. The van der Waals surface area contributed by atoms with Crippen molar-refractivity contribution in [2.24, 2.45) is 0 Å². The predicted octanol–water partition coefficient (Wildman–Crippen LogP) is 4.45. The molecule has 2 rings (SSSR count). The Kier molecular flexibility index (Phi) is 3.37. The Labute approximate surface area is 95.3 Å². The van der Waals surface area contributed by atoms with Gasteiger partial charge in [-0.05, 0) is 18.6 Å². The fourth-order valence-corrected chi connectivity index (χ4v) is 2.94. The molecular formula is C13H17NS. The Balaban J connectivity index is 2.15. The van der Waals surface area contributed by atoms with E-state index >= 15 is 0 Å². The number of hydrogen-bond donors (Lipinski definition) is 1. The third kappa shape index (κ3) is 2.57. The molecular weight excluding hydrogens is 202 g/mol. The van der Waals surface area contributed by atoms with Gasteiger partial charge in [0.05, 0.1) is 5.03 Å². The SMILES string of the molecule is CCCC(C)Sc1cc2ccccc2[nH]1. The van der Waals surface area contributed by atoms with Crippen LogP contribution in [0.2, 0.25) is 0 Å². The van der Waals surface area contributed by atoms with E-state index in [0.717, 1.165) is 0 Å². The zero-order valence-electron chi connectivity index (χ0n) is 9.29. The van der Waals surface area contributed by atoms with Gasteiger partial charge in [-0.3, -0.25) is 0 Å².